The molecule has 1 unspecified atom stereocenters. The lowest BCUT2D eigenvalue weighted by molar-refractivity contribution is -0.334. The van der Waals surface area contributed by atoms with Gasteiger partial charge < -0.3 is 54.7 Å². The molecule has 0 aromatic heterocycles. The van der Waals surface area contributed by atoms with Crippen molar-refractivity contribution in [2.24, 2.45) is 23.7 Å². The van der Waals surface area contributed by atoms with Crippen LogP contribution in [-0.4, -0.2) is 110 Å². The highest BCUT2D eigenvalue weighted by Crippen LogP contribution is 2.51. The molecule has 2 fully saturated rings. The van der Waals surface area contributed by atoms with Gasteiger partial charge in [0.2, 0.25) is 6.29 Å². The summed E-state index contributed by atoms with van der Waals surface area (Å²) in [7, 11) is 1.65. The highest BCUT2D eigenvalue weighted by molar-refractivity contribution is 5.87. The molecule has 0 amide bonds. The number of hydrogen-bond donors (Lipinski definition) is 7. The zero-order chi connectivity index (χ0) is 40.7. The fraction of sp³-hybridized carbons (Fsp3) is 0.578. The average Bonchev–Trinajstić information content (AvgIpc) is 3.52. The molecule has 0 radical (unpaired) electrons. The van der Waals surface area contributed by atoms with Crippen LogP contribution in [-0.2, 0) is 33.5 Å². The second-order valence-corrected chi connectivity index (χ2v) is 16.4. The molecule has 1 saturated heterocycles. The van der Waals surface area contributed by atoms with E-state index in [4.69, 9.17) is 18.9 Å². The van der Waals surface area contributed by atoms with Gasteiger partial charge in [-0.25, -0.2) is 4.79 Å². The molecule has 3 heterocycles. The normalized spacial score (nSPS) is 34.9. The topological polar surface area (TPSA) is 196 Å². The van der Waals surface area contributed by atoms with Crippen molar-refractivity contribution in [2.75, 3.05) is 20.3 Å². The molecule has 2 bridgehead atoms. The number of aliphatic hydroxyl groups excluding tert-OH is 4. The van der Waals surface area contributed by atoms with Crippen molar-refractivity contribution in [2.45, 2.75) is 119 Å². The van der Waals surface area contributed by atoms with Crippen LogP contribution in [0.4, 0.5) is 0 Å². The number of carbonyl (C=O) groups is 1. The third-order valence-corrected chi connectivity index (χ3v) is 12.5. The number of allylic oxidation sites excluding steroid dienone is 2. The Labute approximate surface area is 334 Å². The third-order valence-electron chi connectivity index (χ3n) is 12.5. The molecule has 5 aliphatic rings. The Morgan fingerprint density at radius 1 is 1.04 bits per heavy atom. The lowest BCUT2D eigenvalue weighted by Crippen LogP contribution is -2.70. The minimum atomic E-state index is -2.25. The number of rotatable bonds is 15. The van der Waals surface area contributed by atoms with Crippen LogP contribution in [0.2, 0.25) is 0 Å². The SMILES string of the molecule is C=CCc1ccc(O[C@@H]2O[C@H]3[C@@H](O)[C@H](O)[C@@]2(O)CC([C@@H]2C=C[C@H]4C[C@@H](Cc5ccc(C(=O)O)cc5)C[C@@]4(O)C2)[C@@H](O)CC#CO[C@@H]3CCCO)cc1CCCOC. The maximum absolute atomic E-state index is 12.7. The number of fused-ring (bicyclic) bond motifs is 9. The van der Waals surface area contributed by atoms with E-state index in [-0.39, 0.29) is 49.7 Å². The van der Waals surface area contributed by atoms with Crippen molar-refractivity contribution in [3.63, 3.8) is 0 Å². The maximum atomic E-state index is 12.7. The first kappa shape index (κ1) is 42.8. The van der Waals surface area contributed by atoms with Crippen LogP contribution in [0.1, 0.15) is 78.4 Å². The number of aryl methyl sites for hydroxylation is 1. The smallest absolute Gasteiger partial charge is 0.335 e. The fourth-order valence-corrected chi connectivity index (χ4v) is 9.48. The Kier molecular flexibility index (Phi) is 14.2. The molecule has 7 rings (SSSR count). The Morgan fingerprint density at radius 3 is 2.54 bits per heavy atom. The highest BCUT2D eigenvalue weighted by atomic mass is 16.7. The van der Waals surface area contributed by atoms with Gasteiger partial charge in [-0.05, 0) is 123 Å². The van der Waals surface area contributed by atoms with Gasteiger partial charge in [0.25, 0.3) is 0 Å². The van der Waals surface area contributed by atoms with Crippen molar-refractivity contribution in [3.8, 4) is 17.8 Å². The van der Waals surface area contributed by atoms with Crippen molar-refractivity contribution in [1.82, 2.24) is 0 Å². The Balaban J connectivity index is 1.30. The zero-order valence-electron chi connectivity index (χ0n) is 32.6. The van der Waals surface area contributed by atoms with E-state index >= 15 is 0 Å². The van der Waals surface area contributed by atoms with Crippen LogP contribution in [0.25, 0.3) is 0 Å². The van der Waals surface area contributed by atoms with E-state index in [9.17, 15) is 40.5 Å². The second kappa shape index (κ2) is 18.9. The van der Waals surface area contributed by atoms with E-state index in [1.165, 1.54) is 0 Å². The van der Waals surface area contributed by atoms with Gasteiger partial charge in [0.05, 0.1) is 17.3 Å². The lowest BCUT2D eigenvalue weighted by Gasteiger charge is -2.51. The number of ether oxygens (including phenoxy) is 4. The van der Waals surface area contributed by atoms with Gasteiger partial charge in [0.1, 0.15) is 36.3 Å². The number of carboxylic acids is 1. The summed E-state index contributed by atoms with van der Waals surface area (Å²) >= 11 is 0. The van der Waals surface area contributed by atoms with Crippen molar-refractivity contribution in [3.05, 3.63) is 89.5 Å². The molecule has 2 aromatic rings. The first-order chi connectivity index (χ1) is 27.4. The highest BCUT2D eigenvalue weighted by Gasteiger charge is 2.60. The van der Waals surface area contributed by atoms with E-state index < -0.39 is 65.8 Å². The molecular formula is C45H58O12. The van der Waals surface area contributed by atoms with Gasteiger partial charge in [-0.2, -0.15) is 0 Å². The zero-order valence-corrected chi connectivity index (χ0v) is 32.6. The monoisotopic (exact) mass is 790 g/mol. The van der Waals surface area contributed by atoms with E-state index in [2.05, 4.69) is 18.6 Å². The molecule has 310 valence electrons. The molecule has 7 N–H and O–H groups in total. The molecule has 3 aliphatic heterocycles. The van der Waals surface area contributed by atoms with Crippen LogP contribution in [0.3, 0.4) is 0 Å². The molecule has 2 aliphatic carbocycles. The summed E-state index contributed by atoms with van der Waals surface area (Å²) in [6.45, 7) is 4.29. The van der Waals surface area contributed by atoms with E-state index in [1.54, 1.807) is 25.3 Å². The van der Waals surface area contributed by atoms with Crippen LogP contribution >= 0.6 is 0 Å². The molecule has 57 heavy (non-hydrogen) atoms. The quantitative estimate of drug-likeness (QED) is 0.0787. The molecule has 12 nitrogen and oxygen atoms in total. The minimum Gasteiger partial charge on any atom is -0.478 e. The van der Waals surface area contributed by atoms with Crippen LogP contribution in [0.15, 0.2) is 67.3 Å². The Hall–Kier alpha value is -3.77. The van der Waals surface area contributed by atoms with Crippen LogP contribution in [0, 0.1) is 35.7 Å². The lowest BCUT2D eigenvalue weighted by atomic mass is 9.67. The standard InChI is InChI=1S/C45H58O12/c1-3-7-30-16-18-35(24-32(30)8-5-20-54-2)56-43-45(53)27-36(37(47)9-6-21-55-38(10-4-19-46)40(57-43)39(48)41(45)49)33-15-17-34-23-29(25-44(34,52)26-33)22-28-11-13-31(14-12-28)42(50)51/h3,11-18,24,29,33-34,36-41,43,46-49,52-53H,1,4-5,7-10,19-20,22-23,25-27H2,2H3,(H,50,51)/t29-,33-,34+,36?,37+,38-,39-,40-,41+,43-,44-,45+/m1/s1. The van der Waals surface area contributed by atoms with Crippen LogP contribution in [0.5, 0.6) is 5.75 Å². The fourth-order valence-electron chi connectivity index (χ4n) is 9.48. The Bertz CT molecular complexity index is 1770. The summed E-state index contributed by atoms with van der Waals surface area (Å²) in [4.78, 5) is 11.3. The number of carboxylic acid groups (broad SMARTS) is 1. The molecule has 0 spiro atoms. The van der Waals surface area contributed by atoms with Gasteiger partial charge in [0.15, 0.2) is 5.60 Å². The van der Waals surface area contributed by atoms with E-state index in [0.29, 0.717) is 44.5 Å². The van der Waals surface area contributed by atoms with Crippen molar-refractivity contribution >= 4 is 5.97 Å². The summed E-state index contributed by atoms with van der Waals surface area (Å²) in [6.07, 6.45) is 4.65. The molecule has 2 aromatic carbocycles. The van der Waals surface area contributed by atoms with E-state index in [1.807, 2.05) is 42.5 Å². The van der Waals surface area contributed by atoms with Crippen molar-refractivity contribution < 1.29 is 59.5 Å². The predicted octanol–water partition coefficient (Wildman–Crippen LogP) is 3.71. The third kappa shape index (κ3) is 9.75. The van der Waals surface area contributed by atoms with Gasteiger partial charge in [-0.3, -0.25) is 0 Å². The van der Waals surface area contributed by atoms with Gasteiger partial charge >= 0.3 is 5.97 Å². The van der Waals surface area contributed by atoms with Gasteiger partial charge in [0, 0.05) is 32.7 Å². The number of aromatic carboxylic acids is 1. The number of hydrogen-bond acceptors (Lipinski definition) is 11. The summed E-state index contributed by atoms with van der Waals surface area (Å²) in [5.74, 6) is 1.01. The molecular weight excluding hydrogens is 732 g/mol. The number of benzene rings is 2. The van der Waals surface area contributed by atoms with Crippen molar-refractivity contribution in [1.29, 1.82) is 0 Å². The summed E-state index contributed by atoms with van der Waals surface area (Å²) < 4.78 is 24.0. The van der Waals surface area contributed by atoms with Gasteiger partial charge in [-0.1, -0.05) is 42.3 Å². The molecule has 12 heteroatoms. The first-order valence-electron chi connectivity index (χ1n) is 20.2. The summed E-state index contributed by atoms with van der Waals surface area (Å²) in [5.41, 5.74) is -0.124. The summed E-state index contributed by atoms with van der Waals surface area (Å²) in [5, 5.41) is 79.2. The molecule has 1 saturated carbocycles. The largest absolute Gasteiger partial charge is 0.478 e. The predicted molar refractivity (Wildman–Crippen MR) is 210 cm³/mol. The van der Waals surface area contributed by atoms with Gasteiger partial charge in [-0.15, -0.1) is 6.58 Å². The number of methoxy groups -OCH3 is 1. The first-order valence-corrected chi connectivity index (χ1v) is 20.2. The van der Waals surface area contributed by atoms with Crippen LogP contribution < -0.4 is 4.74 Å². The minimum absolute atomic E-state index is 0.0279. The maximum Gasteiger partial charge on any atom is 0.335 e. The molecule has 12 atom stereocenters. The Morgan fingerprint density at radius 2 is 1.82 bits per heavy atom. The number of aliphatic hydroxyl groups is 6. The van der Waals surface area contributed by atoms with E-state index in [0.717, 1.165) is 29.5 Å². The summed E-state index contributed by atoms with van der Waals surface area (Å²) in [6, 6.07) is 12.3. The average molecular weight is 791 g/mol. The second-order valence-electron chi connectivity index (χ2n) is 16.4.